The molecule has 0 radical (unpaired) electrons. The highest BCUT2D eigenvalue weighted by molar-refractivity contribution is 5.28. The van der Waals surface area contributed by atoms with Crippen LogP contribution in [0.2, 0.25) is 0 Å². The Morgan fingerprint density at radius 3 is 2.67 bits per heavy atom. The highest BCUT2D eigenvalue weighted by Crippen LogP contribution is 2.42. The number of benzene rings is 1. The van der Waals surface area contributed by atoms with Gasteiger partial charge in [-0.1, -0.05) is 18.2 Å². The first-order valence-electron chi connectivity index (χ1n) is 7.58. The number of hydrogen-bond donors (Lipinski definition) is 1. The van der Waals surface area contributed by atoms with Gasteiger partial charge >= 0.3 is 0 Å². The minimum absolute atomic E-state index is 0.133. The summed E-state index contributed by atoms with van der Waals surface area (Å²) in [5.74, 6) is 0.520. The number of rotatable bonds is 5. The second kappa shape index (κ2) is 5.94. The van der Waals surface area contributed by atoms with E-state index < -0.39 is 0 Å². The van der Waals surface area contributed by atoms with Crippen molar-refractivity contribution in [3.8, 4) is 0 Å². The third-order valence-corrected chi connectivity index (χ3v) is 4.20. The van der Waals surface area contributed by atoms with Gasteiger partial charge in [0.25, 0.3) is 0 Å². The lowest BCUT2D eigenvalue weighted by molar-refractivity contribution is 0.421. The van der Waals surface area contributed by atoms with Crippen LogP contribution in [-0.4, -0.2) is 4.98 Å². The number of halogens is 1. The summed E-state index contributed by atoms with van der Waals surface area (Å²) in [6.45, 7) is 3.96. The summed E-state index contributed by atoms with van der Waals surface area (Å²) in [4.78, 5) is 4.41. The lowest BCUT2D eigenvalue weighted by Crippen LogP contribution is -2.27. The summed E-state index contributed by atoms with van der Waals surface area (Å²) in [7, 11) is 0. The molecule has 3 rings (SSSR count). The number of nitrogens with one attached hydrogen (secondary N) is 1. The maximum Gasteiger partial charge on any atom is 0.126 e. The molecule has 110 valence electrons. The van der Waals surface area contributed by atoms with Gasteiger partial charge in [-0.25, -0.2) is 4.39 Å². The van der Waals surface area contributed by atoms with E-state index in [1.54, 1.807) is 6.07 Å². The van der Waals surface area contributed by atoms with Crippen LogP contribution >= 0.6 is 0 Å². The second-order valence-corrected chi connectivity index (χ2v) is 5.97. The normalized spacial score (nSPS) is 17.5. The van der Waals surface area contributed by atoms with Gasteiger partial charge in [-0.2, -0.15) is 0 Å². The average molecular weight is 284 g/mol. The zero-order chi connectivity index (χ0) is 14.8. The van der Waals surface area contributed by atoms with Gasteiger partial charge in [0.1, 0.15) is 5.82 Å². The standard InChI is InChI=1S/C18H21FN2/c1-12-11-15(8-9-16(12)19)18(14-6-7-14)21-13(2)17-5-3-4-10-20-17/h3-5,8-11,13-14,18,21H,6-7H2,1-2H3/t13-,18-/m1/s1. The average Bonchev–Trinajstić information content (AvgIpc) is 3.33. The molecule has 0 spiro atoms. The third kappa shape index (κ3) is 3.30. The minimum Gasteiger partial charge on any atom is -0.302 e. The first-order valence-corrected chi connectivity index (χ1v) is 7.58. The van der Waals surface area contributed by atoms with E-state index in [9.17, 15) is 4.39 Å². The van der Waals surface area contributed by atoms with Gasteiger partial charge in [0.15, 0.2) is 0 Å². The topological polar surface area (TPSA) is 24.9 Å². The predicted molar refractivity (Wildman–Crippen MR) is 82.4 cm³/mol. The zero-order valence-electron chi connectivity index (χ0n) is 12.5. The van der Waals surface area contributed by atoms with Crippen LogP contribution in [0, 0.1) is 18.7 Å². The van der Waals surface area contributed by atoms with E-state index in [1.165, 1.54) is 18.4 Å². The molecule has 1 aliphatic rings. The molecule has 1 aromatic carbocycles. The summed E-state index contributed by atoms with van der Waals surface area (Å²) >= 11 is 0. The van der Waals surface area contributed by atoms with Crippen LogP contribution in [0.5, 0.6) is 0 Å². The van der Waals surface area contributed by atoms with E-state index in [2.05, 4.69) is 17.2 Å². The summed E-state index contributed by atoms with van der Waals surface area (Å²) in [6, 6.07) is 11.9. The zero-order valence-corrected chi connectivity index (χ0v) is 12.5. The van der Waals surface area contributed by atoms with Crippen molar-refractivity contribution < 1.29 is 4.39 Å². The molecule has 0 saturated heterocycles. The largest absolute Gasteiger partial charge is 0.302 e. The van der Waals surface area contributed by atoms with Crippen LogP contribution in [0.15, 0.2) is 42.6 Å². The number of nitrogens with zero attached hydrogens (tertiary/aromatic N) is 1. The van der Waals surface area contributed by atoms with Crippen LogP contribution in [0.1, 0.15) is 48.7 Å². The van der Waals surface area contributed by atoms with E-state index in [-0.39, 0.29) is 17.9 Å². The molecule has 2 atom stereocenters. The molecule has 0 amide bonds. The molecule has 1 aromatic heterocycles. The smallest absolute Gasteiger partial charge is 0.126 e. The summed E-state index contributed by atoms with van der Waals surface area (Å²) in [5, 5.41) is 3.67. The van der Waals surface area contributed by atoms with Crippen LogP contribution < -0.4 is 5.32 Å². The fourth-order valence-electron chi connectivity index (χ4n) is 2.78. The molecule has 2 aromatic rings. The van der Waals surface area contributed by atoms with Gasteiger partial charge in [-0.05, 0) is 61.9 Å². The fourth-order valence-corrected chi connectivity index (χ4v) is 2.78. The molecule has 1 heterocycles. The van der Waals surface area contributed by atoms with Crippen molar-refractivity contribution in [1.82, 2.24) is 10.3 Å². The van der Waals surface area contributed by atoms with Crippen molar-refractivity contribution in [1.29, 1.82) is 0 Å². The van der Waals surface area contributed by atoms with Gasteiger partial charge in [-0.15, -0.1) is 0 Å². The van der Waals surface area contributed by atoms with Gasteiger partial charge < -0.3 is 5.32 Å². The van der Waals surface area contributed by atoms with E-state index in [0.29, 0.717) is 11.5 Å². The maximum absolute atomic E-state index is 13.5. The Bertz CT molecular complexity index is 608. The monoisotopic (exact) mass is 284 g/mol. The number of aryl methyl sites for hydroxylation is 1. The van der Waals surface area contributed by atoms with Crippen LogP contribution in [0.4, 0.5) is 4.39 Å². The molecule has 2 nitrogen and oxygen atoms in total. The molecule has 0 bridgehead atoms. The lowest BCUT2D eigenvalue weighted by atomic mass is 9.99. The molecule has 3 heteroatoms. The van der Waals surface area contributed by atoms with Gasteiger partial charge in [-0.3, -0.25) is 4.98 Å². The Hall–Kier alpha value is -1.74. The fraction of sp³-hybridized carbons (Fsp3) is 0.389. The summed E-state index contributed by atoms with van der Waals surface area (Å²) in [5.41, 5.74) is 2.94. The Morgan fingerprint density at radius 2 is 2.05 bits per heavy atom. The lowest BCUT2D eigenvalue weighted by Gasteiger charge is -2.24. The molecular formula is C18H21FN2. The quantitative estimate of drug-likeness (QED) is 0.884. The van der Waals surface area contributed by atoms with Crippen molar-refractivity contribution in [3.05, 3.63) is 65.2 Å². The van der Waals surface area contributed by atoms with E-state index in [1.807, 2.05) is 43.5 Å². The highest BCUT2D eigenvalue weighted by atomic mass is 19.1. The Labute approximate surface area is 125 Å². The Kier molecular flexibility index (Phi) is 4.02. The molecule has 0 unspecified atom stereocenters. The first-order chi connectivity index (χ1) is 10.1. The summed E-state index contributed by atoms with van der Waals surface area (Å²) in [6.07, 6.45) is 4.30. The van der Waals surface area contributed by atoms with Gasteiger partial charge in [0.2, 0.25) is 0 Å². The maximum atomic E-state index is 13.5. The molecule has 1 aliphatic carbocycles. The molecular weight excluding hydrogens is 263 g/mol. The van der Waals surface area contributed by atoms with Crippen LogP contribution in [-0.2, 0) is 0 Å². The predicted octanol–water partition coefficient (Wildman–Crippen LogP) is 4.33. The number of hydrogen-bond acceptors (Lipinski definition) is 2. The van der Waals surface area contributed by atoms with Crippen LogP contribution in [0.25, 0.3) is 0 Å². The highest BCUT2D eigenvalue weighted by Gasteiger charge is 2.33. The molecule has 1 N–H and O–H groups in total. The van der Waals surface area contributed by atoms with E-state index >= 15 is 0 Å². The number of aromatic nitrogens is 1. The summed E-state index contributed by atoms with van der Waals surface area (Å²) < 4.78 is 13.5. The second-order valence-electron chi connectivity index (χ2n) is 5.97. The Morgan fingerprint density at radius 1 is 1.24 bits per heavy atom. The number of pyridine rings is 1. The van der Waals surface area contributed by atoms with Crippen LogP contribution in [0.3, 0.4) is 0 Å². The van der Waals surface area contributed by atoms with Crippen molar-refractivity contribution in [2.75, 3.05) is 0 Å². The third-order valence-electron chi connectivity index (χ3n) is 4.20. The SMILES string of the molecule is Cc1cc([C@H](N[C@H](C)c2ccccn2)C2CC2)ccc1F. The molecule has 21 heavy (non-hydrogen) atoms. The van der Waals surface area contributed by atoms with Crippen molar-refractivity contribution >= 4 is 0 Å². The van der Waals surface area contributed by atoms with Crippen molar-refractivity contribution in [3.63, 3.8) is 0 Å². The van der Waals surface area contributed by atoms with Crippen molar-refractivity contribution in [2.24, 2.45) is 5.92 Å². The van der Waals surface area contributed by atoms with Gasteiger partial charge in [0.05, 0.1) is 5.69 Å². The van der Waals surface area contributed by atoms with Gasteiger partial charge in [0, 0.05) is 18.3 Å². The molecule has 1 fully saturated rings. The van der Waals surface area contributed by atoms with Crippen molar-refractivity contribution in [2.45, 2.75) is 38.8 Å². The molecule has 0 aliphatic heterocycles. The Balaban J connectivity index is 1.80. The molecule has 1 saturated carbocycles. The van der Waals surface area contributed by atoms with E-state index in [0.717, 1.165) is 5.69 Å². The first kappa shape index (κ1) is 14.2. The van der Waals surface area contributed by atoms with E-state index in [4.69, 9.17) is 0 Å². The minimum atomic E-state index is -0.133.